The molecule has 0 aliphatic heterocycles. The molecule has 4 aromatic rings. The predicted molar refractivity (Wildman–Crippen MR) is 144 cm³/mol. The van der Waals surface area contributed by atoms with Crippen molar-refractivity contribution >= 4 is 39.3 Å². The molecule has 0 unspecified atom stereocenters. The van der Waals surface area contributed by atoms with Crippen LogP contribution in [0.4, 0.5) is 0 Å². The first-order valence-electron chi connectivity index (χ1n) is 11.4. The molecule has 0 saturated carbocycles. The van der Waals surface area contributed by atoms with Gasteiger partial charge >= 0.3 is 29.6 Å². The fourth-order valence-corrected chi connectivity index (χ4v) is 5.01. The van der Waals surface area contributed by atoms with Crippen LogP contribution < -0.4 is 58.3 Å². The van der Waals surface area contributed by atoms with E-state index >= 15 is 0 Å². The number of methoxy groups -OCH3 is 4. The van der Waals surface area contributed by atoms with Crippen LogP contribution in [0.15, 0.2) is 60.7 Å². The number of ketones is 1. The van der Waals surface area contributed by atoms with Crippen LogP contribution in [0.1, 0.15) is 15.9 Å². The summed E-state index contributed by atoms with van der Waals surface area (Å²) in [7, 11) is 5.94. The zero-order chi connectivity index (χ0) is 27.2. The topological polar surface area (TPSA) is 103 Å². The van der Waals surface area contributed by atoms with E-state index in [1.54, 1.807) is 41.7 Å². The van der Waals surface area contributed by atoms with Gasteiger partial charge in [0.2, 0.25) is 5.75 Å². The molecule has 1 heterocycles. The molecule has 196 valence electrons. The molecule has 0 fully saturated rings. The summed E-state index contributed by atoms with van der Waals surface area (Å²) in [5.41, 5.74) is 1.57. The summed E-state index contributed by atoms with van der Waals surface area (Å²) >= 11 is 1.59. The number of fused-ring (bicyclic) bond motifs is 1. The molecule has 0 N–H and O–H groups in total. The Balaban J connectivity index is 0.00000420. The van der Waals surface area contributed by atoms with Crippen LogP contribution >= 0.6 is 11.3 Å². The molecule has 0 aliphatic carbocycles. The second-order valence-electron chi connectivity index (χ2n) is 8.01. The Bertz CT molecular complexity index is 1470. The Morgan fingerprint density at radius 2 is 1.51 bits per heavy atom. The summed E-state index contributed by atoms with van der Waals surface area (Å²) in [6.45, 7) is -0.660. The molecule has 0 spiro atoms. The number of thiophene rings is 1. The van der Waals surface area contributed by atoms with E-state index in [0.717, 1.165) is 20.5 Å². The third-order valence-electron chi connectivity index (χ3n) is 5.73. The Morgan fingerprint density at radius 3 is 2.10 bits per heavy atom. The van der Waals surface area contributed by atoms with Gasteiger partial charge < -0.3 is 33.6 Å². The molecule has 0 bridgehead atoms. The van der Waals surface area contributed by atoms with Crippen molar-refractivity contribution in [3.63, 3.8) is 0 Å². The first-order valence-corrected chi connectivity index (χ1v) is 12.3. The van der Waals surface area contributed by atoms with Gasteiger partial charge in [-0.15, -0.1) is 11.3 Å². The van der Waals surface area contributed by atoms with Gasteiger partial charge in [-0.2, -0.15) is 0 Å². The van der Waals surface area contributed by atoms with Crippen molar-refractivity contribution in [2.75, 3.05) is 35.0 Å². The van der Waals surface area contributed by atoms with Gasteiger partial charge in [-0.3, -0.25) is 4.79 Å². The van der Waals surface area contributed by atoms with Crippen molar-refractivity contribution < 1.29 is 67.9 Å². The van der Waals surface area contributed by atoms with E-state index in [4.69, 9.17) is 23.7 Å². The maximum absolute atomic E-state index is 13.1. The number of hydrogen-bond donors (Lipinski definition) is 0. The van der Waals surface area contributed by atoms with Crippen molar-refractivity contribution in [1.82, 2.24) is 0 Å². The number of rotatable bonds is 11. The normalized spacial score (nSPS) is 10.7. The first-order chi connectivity index (χ1) is 18.4. The summed E-state index contributed by atoms with van der Waals surface area (Å²) in [6, 6.07) is 16.6. The van der Waals surface area contributed by atoms with Crippen LogP contribution in [0.2, 0.25) is 0 Å². The van der Waals surface area contributed by atoms with Crippen molar-refractivity contribution in [2.24, 2.45) is 0 Å². The van der Waals surface area contributed by atoms with Crippen molar-refractivity contribution in [2.45, 2.75) is 0 Å². The van der Waals surface area contributed by atoms with E-state index in [1.165, 1.54) is 34.5 Å². The second-order valence-corrected chi connectivity index (χ2v) is 9.09. The predicted octanol–water partition coefficient (Wildman–Crippen LogP) is 1.63. The van der Waals surface area contributed by atoms with Crippen LogP contribution in [-0.2, 0) is 4.79 Å². The van der Waals surface area contributed by atoms with Gasteiger partial charge in [0.25, 0.3) is 0 Å². The number of carbonyl (C=O) groups excluding carboxylic acids is 2. The standard InChI is InChI=1S/C29H26O8S.Na/c1-33-23-15-22(37-16-28(31)32)17(11-20(23)27-14-18-7-5-6-8-26(18)38-27)9-10-21(30)19-12-24(34-2)29(36-4)25(13-19)35-3;/h5-15H,16H2,1-4H3,(H,31,32);/q;+1/p-1. The second kappa shape index (κ2) is 13.5. The number of carbonyl (C=O) groups is 2. The van der Waals surface area contributed by atoms with Crippen molar-refractivity contribution in [1.29, 1.82) is 0 Å². The molecule has 0 saturated heterocycles. The smallest absolute Gasteiger partial charge is 0.546 e. The molecule has 1 aromatic heterocycles. The maximum Gasteiger partial charge on any atom is 1.00 e. The molecule has 8 nitrogen and oxygen atoms in total. The summed E-state index contributed by atoms with van der Waals surface area (Å²) < 4.78 is 28.2. The minimum atomic E-state index is -1.37. The fraction of sp³-hybridized carbons (Fsp3) is 0.172. The fourth-order valence-electron chi connectivity index (χ4n) is 3.93. The molecule has 0 radical (unpaired) electrons. The van der Waals surface area contributed by atoms with E-state index < -0.39 is 12.6 Å². The van der Waals surface area contributed by atoms with E-state index in [2.05, 4.69) is 0 Å². The Morgan fingerprint density at radius 1 is 0.846 bits per heavy atom. The molecule has 0 atom stereocenters. The monoisotopic (exact) mass is 556 g/mol. The number of aliphatic carboxylic acids is 1. The van der Waals surface area contributed by atoms with E-state index in [1.807, 2.05) is 30.3 Å². The first kappa shape index (κ1) is 30.0. The number of hydrogen-bond acceptors (Lipinski definition) is 9. The molecule has 10 heteroatoms. The largest absolute Gasteiger partial charge is 1.00 e. The number of allylic oxidation sites excluding steroid dienone is 1. The van der Waals surface area contributed by atoms with Crippen LogP contribution in [0.3, 0.4) is 0 Å². The number of carboxylic acid groups (broad SMARTS) is 1. The van der Waals surface area contributed by atoms with Gasteiger partial charge in [0, 0.05) is 32.3 Å². The minimum absolute atomic E-state index is 0. The molecule has 39 heavy (non-hydrogen) atoms. The van der Waals surface area contributed by atoms with Gasteiger partial charge in [-0.05, 0) is 47.9 Å². The number of carboxylic acids is 1. The third-order valence-corrected chi connectivity index (χ3v) is 6.88. The maximum atomic E-state index is 13.1. The summed E-state index contributed by atoms with van der Waals surface area (Å²) in [5, 5.41) is 12.2. The summed E-state index contributed by atoms with van der Waals surface area (Å²) in [5.74, 6) is 0.0750. The molecule has 3 aromatic carbocycles. The molecule has 0 aliphatic rings. The van der Waals surface area contributed by atoms with Gasteiger partial charge in [-0.1, -0.05) is 18.2 Å². The van der Waals surface area contributed by atoms with E-state index in [0.29, 0.717) is 34.1 Å². The van der Waals surface area contributed by atoms with Crippen LogP contribution in [0, 0.1) is 0 Å². The van der Waals surface area contributed by atoms with Crippen molar-refractivity contribution in [3.8, 4) is 39.2 Å². The average Bonchev–Trinajstić information content (AvgIpc) is 3.37. The van der Waals surface area contributed by atoms with Gasteiger partial charge in [0.05, 0.1) is 34.4 Å². The SMILES string of the molecule is COc1cc(OCC(=O)[O-])c(C=CC(=O)c2cc(OC)c(OC)c(OC)c2)cc1-c1cc2ccccc2s1.[Na+]. The third kappa shape index (κ3) is 6.75. The van der Waals surface area contributed by atoms with Crippen LogP contribution in [-0.4, -0.2) is 46.8 Å². The molecule has 4 rings (SSSR count). The minimum Gasteiger partial charge on any atom is -0.546 e. The van der Waals surface area contributed by atoms with Gasteiger partial charge in [-0.25, -0.2) is 0 Å². The Kier molecular flexibility index (Phi) is 10.4. The van der Waals surface area contributed by atoms with Crippen LogP contribution in [0.5, 0.6) is 28.7 Å². The Hall–Kier alpha value is -3.50. The van der Waals surface area contributed by atoms with Gasteiger partial charge in [0.15, 0.2) is 17.3 Å². The van der Waals surface area contributed by atoms with Crippen molar-refractivity contribution in [3.05, 3.63) is 71.8 Å². The molecular formula is C29H25NaO8S. The van der Waals surface area contributed by atoms with Crippen LogP contribution in [0.25, 0.3) is 26.6 Å². The Labute approximate surface area is 252 Å². The quantitative estimate of drug-likeness (QED) is 0.156. The average molecular weight is 557 g/mol. The van der Waals surface area contributed by atoms with Gasteiger partial charge in [0.1, 0.15) is 18.1 Å². The summed E-state index contributed by atoms with van der Waals surface area (Å²) in [4.78, 5) is 25.1. The number of ether oxygens (including phenoxy) is 5. The zero-order valence-electron chi connectivity index (χ0n) is 22.2. The van der Waals surface area contributed by atoms with E-state index in [9.17, 15) is 14.7 Å². The molecule has 0 amide bonds. The summed E-state index contributed by atoms with van der Waals surface area (Å²) in [6.07, 6.45) is 2.93. The number of benzene rings is 3. The van der Waals surface area contributed by atoms with E-state index in [-0.39, 0.29) is 41.1 Å². The molecular weight excluding hydrogens is 531 g/mol. The zero-order valence-corrected chi connectivity index (χ0v) is 25.0.